The summed E-state index contributed by atoms with van der Waals surface area (Å²) in [6.07, 6.45) is -1.63. The van der Waals surface area contributed by atoms with E-state index in [0.717, 1.165) is 12.3 Å². The van der Waals surface area contributed by atoms with Gasteiger partial charge in [0, 0.05) is 6.26 Å². The predicted molar refractivity (Wildman–Crippen MR) is 79.0 cm³/mol. The number of sulfone groups is 1. The second-order valence-corrected chi connectivity index (χ2v) is 7.06. The summed E-state index contributed by atoms with van der Waals surface area (Å²) in [5.41, 5.74) is 0.107. The fourth-order valence-electron chi connectivity index (χ4n) is 1.92. The van der Waals surface area contributed by atoms with Crippen molar-refractivity contribution in [1.82, 2.24) is 15.5 Å². The molecule has 0 saturated heterocycles. The number of H-pyrrole nitrogens is 1. The number of alkyl halides is 2. The second-order valence-electron chi connectivity index (χ2n) is 5.05. The molecule has 1 atom stereocenters. The fraction of sp³-hybridized carbons (Fsp3) is 0.286. The van der Waals surface area contributed by atoms with Gasteiger partial charge in [0.25, 0.3) is 12.3 Å². The van der Waals surface area contributed by atoms with E-state index < -0.39 is 33.9 Å². The molecule has 0 saturated carbocycles. The Bertz CT molecular complexity index is 801. The zero-order chi connectivity index (χ0) is 17.2. The molecule has 124 valence electrons. The standard InChI is InChI=1S/C14H15F2N3O3S/c1-8(9-3-5-10(6-4-9)23(2,21)22)17-14(20)12-7-11(13(15)16)18-19-12/h3-8,13H,1-2H3,(H,17,20)(H,18,19)/t8-/m0/s1. The highest BCUT2D eigenvalue weighted by atomic mass is 32.2. The number of nitrogens with zero attached hydrogens (tertiary/aromatic N) is 1. The summed E-state index contributed by atoms with van der Waals surface area (Å²) in [5, 5.41) is 8.24. The topological polar surface area (TPSA) is 91.9 Å². The quantitative estimate of drug-likeness (QED) is 0.871. The van der Waals surface area contributed by atoms with Crippen LogP contribution in [0.5, 0.6) is 0 Å². The Morgan fingerprint density at radius 2 is 1.87 bits per heavy atom. The van der Waals surface area contributed by atoms with Gasteiger partial charge in [-0.1, -0.05) is 12.1 Å². The molecular formula is C14H15F2N3O3S. The molecule has 2 N–H and O–H groups in total. The number of amides is 1. The van der Waals surface area contributed by atoms with Crippen LogP contribution < -0.4 is 5.32 Å². The SMILES string of the molecule is C[C@H](NC(=O)c1cc(C(F)F)[nH]n1)c1ccc(S(C)(=O)=O)cc1. The average molecular weight is 343 g/mol. The summed E-state index contributed by atoms with van der Waals surface area (Å²) in [4.78, 5) is 12.1. The number of rotatable bonds is 5. The molecule has 0 fully saturated rings. The molecule has 0 radical (unpaired) electrons. The highest BCUT2D eigenvalue weighted by molar-refractivity contribution is 7.90. The number of hydrogen-bond donors (Lipinski definition) is 2. The Morgan fingerprint density at radius 1 is 1.26 bits per heavy atom. The molecule has 1 heterocycles. The highest BCUT2D eigenvalue weighted by Crippen LogP contribution is 2.18. The van der Waals surface area contributed by atoms with Crippen molar-refractivity contribution in [2.75, 3.05) is 6.26 Å². The van der Waals surface area contributed by atoms with E-state index in [1.54, 1.807) is 19.1 Å². The Morgan fingerprint density at radius 3 is 2.35 bits per heavy atom. The zero-order valence-electron chi connectivity index (χ0n) is 12.4. The summed E-state index contributed by atoms with van der Waals surface area (Å²) in [7, 11) is -3.29. The minimum absolute atomic E-state index is 0.139. The minimum atomic E-state index is -3.29. The van der Waals surface area contributed by atoms with E-state index in [9.17, 15) is 22.0 Å². The van der Waals surface area contributed by atoms with Gasteiger partial charge in [-0.3, -0.25) is 9.89 Å². The van der Waals surface area contributed by atoms with E-state index in [4.69, 9.17) is 0 Å². The molecule has 0 spiro atoms. The zero-order valence-corrected chi connectivity index (χ0v) is 13.2. The Balaban J connectivity index is 2.08. The van der Waals surface area contributed by atoms with Gasteiger partial charge in [-0.25, -0.2) is 17.2 Å². The van der Waals surface area contributed by atoms with Gasteiger partial charge in [0.05, 0.1) is 10.9 Å². The molecule has 2 aromatic rings. The third-order valence-corrected chi connectivity index (χ3v) is 4.35. The van der Waals surface area contributed by atoms with Crippen LogP contribution in [-0.4, -0.2) is 30.8 Å². The molecule has 0 aliphatic rings. The number of aromatic amines is 1. The monoisotopic (exact) mass is 343 g/mol. The molecular weight excluding hydrogens is 328 g/mol. The van der Waals surface area contributed by atoms with E-state index in [1.165, 1.54) is 12.1 Å². The van der Waals surface area contributed by atoms with Gasteiger partial charge in [0.1, 0.15) is 11.4 Å². The van der Waals surface area contributed by atoms with Crippen LogP contribution >= 0.6 is 0 Å². The van der Waals surface area contributed by atoms with Crippen molar-refractivity contribution in [3.05, 3.63) is 47.3 Å². The van der Waals surface area contributed by atoms with E-state index in [1.807, 2.05) is 0 Å². The summed E-state index contributed by atoms with van der Waals surface area (Å²) in [6, 6.07) is 6.59. The second kappa shape index (κ2) is 6.45. The molecule has 1 aromatic carbocycles. The van der Waals surface area contributed by atoms with Gasteiger partial charge in [-0.15, -0.1) is 0 Å². The van der Waals surface area contributed by atoms with Crippen LogP contribution in [0.1, 0.15) is 41.1 Å². The number of hydrogen-bond acceptors (Lipinski definition) is 4. The van der Waals surface area contributed by atoms with Crippen LogP contribution in [0, 0.1) is 0 Å². The van der Waals surface area contributed by atoms with Gasteiger partial charge in [0.15, 0.2) is 9.84 Å². The number of halogens is 2. The molecule has 1 aromatic heterocycles. The molecule has 6 nitrogen and oxygen atoms in total. The smallest absolute Gasteiger partial charge is 0.279 e. The van der Waals surface area contributed by atoms with Crippen LogP contribution in [0.2, 0.25) is 0 Å². The van der Waals surface area contributed by atoms with Gasteiger partial charge in [-0.05, 0) is 30.7 Å². The predicted octanol–water partition coefficient (Wildman–Crippen LogP) is 2.24. The molecule has 0 bridgehead atoms. The van der Waals surface area contributed by atoms with Gasteiger partial charge >= 0.3 is 0 Å². The maximum atomic E-state index is 12.5. The van der Waals surface area contributed by atoms with Crippen molar-refractivity contribution in [2.24, 2.45) is 0 Å². The molecule has 9 heteroatoms. The summed E-state index contributed by atoms with van der Waals surface area (Å²) >= 11 is 0. The van der Waals surface area contributed by atoms with E-state index in [-0.39, 0.29) is 10.6 Å². The lowest BCUT2D eigenvalue weighted by Crippen LogP contribution is -2.27. The van der Waals surface area contributed by atoms with E-state index in [0.29, 0.717) is 5.56 Å². The van der Waals surface area contributed by atoms with Crippen LogP contribution in [0.15, 0.2) is 35.2 Å². The maximum absolute atomic E-state index is 12.5. The third-order valence-electron chi connectivity index (χ3n) is 3.22. The molecule has 1 amide bonds. The number of nitrogens with one attached hydrogen (secondary N) is 2. The van der Waals surface area contributed by atoms with Crippen molar-refractivity contribution in [1.29, 1.82) is 0 Å². The molecule has 23 heavy (non-hydrogen) atoms. The van der Waals surface area contributed by atoms with Gasteiger partial charge in [-0.2, -0.15) is 5.10 Å². The average Bonchev–Trinajstić information content (AvgIpc) is 2.96. The normalized spacial score (nSPS) is 13.1. The molecule has 0 aliphatic heterocycles. The minimum Gasteiger partial charge on any atom is -0.344 e. The highest BCUT2D eigenvalue weighted by Gasteiger charge is 2.18. The Kier molecular flexibility index (Phi) is 4.79. The van der Waals surface area contributed by atoms with Crippen LogP contribution in [-0.2, 0) is 9.84 Å². The third kappa shape index (κ3) is 4.13. The Hall–Kier alpha value is -2.29. The first-order valence-corrected chi connectivity index (χ1v) is 8.52. The summed E-state index contributed by atoms with van der Waals surface area (Å²) in [6.45, 7) is 1.69. The first kappa shape index (κ1) is 17.1. The number of aromatic nitrogens is 2. The van der Waals surface area contributed by atoms with Crippen molar-refractivity contribution in [3.63, 3.8) is 0 Å². The van der Waals surface area contributed by atoms with Crippen LogP contribution in [0.3, 0.4) is 0 Å². The lowest BCUT2D eigenvalue weighted by molar-refractivity contribution is 0.0935. The van der Waals surface area contributed by atoms with Gasteiger partial charge in [0.2, 0.25) is 0 Å². The fourth-order valence-corrected chi connectivity index (χ4v) is 2.55. The summed E-state index contributed by atoms with van der Waals surface area (Å²) in [5.74, 6) is -0.604. The number of carbonyl (C=O) groups is 1. The van der Waals surface area contributed by atoms with Crippen molar-refractivity contribution >= 4 is 15.7 Å². The van der Waals surface area contributed by atoms with E-state index in [2.05, 4.69) is 15.5 Å². The largest absolute Gasteiger partial charge is 0.344 e. The van der Waals surface area contributed by atoms with E-state index >= 15 is 0 Å². The Labute approximate surface area is 131 Å². The summed E-state index contributed by atoms with van der Waals surface area (Å²) < 4.78 is 47.7. The first-order chi connectivity index (χ1) is 10.7. The lowest BCUT2D eigenvalue weighted by Gasteiger charge is -2.13. The van der Waals surface area contributed by atoms with Crippen LogP contribution in [0.4, 0.5) is 8.78 Å². The number of carbonyl (C=O) groups excluding carboxylic acids is 1. The van der Waals surface area contributed by atoms with Crippen LogP contribution in [0.25, 0.3) is 0 Å². The van der Waals surface area contributed by atoms with Crippen molar-refractivity contribution < 1.29 is 22.0 Å². The first-order valence-electron chi connectivity index (χ1n) is 6.63. The molecule has 0 unspecified atom stereocenters. The van der Waals surface area contributed by atoms with Crippen molar-refractivity contribution in [3.8, 4) is 0 Å². The molecule has 2 rings (SSSR count). The lowest BCUT2D eigenvalue weighted by atomic mass is 10.1. The van der Waals surface area contributed by atoms with Crippen molar-refractivity contribution in [2.45, 2.75) is 24.3 Å². The maximum Gasteiger partial charge on any atom is 0.279 e. The molecule has 0 aliphatic carbocycles. The number of benzene rings is 1. The van der Waals surface area contributed by atoms with Gasteiger partial charge < -0.3 is 5.32 Å².